The van der Waals surface area contributed by atoms with Gasteiger partial charge in [0.1, 0.15) is 0 Å². The first-order chi connectivity index (χ1) is 9.93. The average Bonchev–Trinajstić information content (AvgIpc) is 2.53. The minimum Gasteiger partial charge on any atom is -0.355 e. The first-order valence-corrected chi connectivity index (χ1v) is 6.84. The maximum Gasteiger partial charge on any atom is 0.212 e. The number of rotatable bonds is 1. The average molecular weight is 259 g/mol. The molecule has 1 aliphatic heterocycles. The van der Waals surface area contributed by atoms with Gasteiger partial charge in [-0.1, -0.05) is 30.3 Å². The molecule has 1 aromatic heterocycles. The molecule has 1 aliphatic rings. The Hall–Kier alpha value is -2.61. The molecule has 1 N–H and O–H groups in total. The maximum atomic E-state index is 3.53. The summed E-state index contributed by atoms with van der Waals surface area (Å²) < 4.78 is 2.26. The monoisotopic (exact) mass is 259 g/mol. The van der Waals surface area contributed by atoms with Crippen LogP contribution in [0.15, 0.2) is 79.1 Å². The van der Waals surface area contributed by atoms with Crippen molar-refractivity contribution in [2.45, 2.75) is 6.04 Å². The molecule has 3 aromatic rings. The zero-order valence-electron chi connectivity index (χ0n) is 11.0. The van der Waals surface area contributed by atoms with Crippen LogP contribution in [-0.4, -0.2) is 0 Å². The molecule has 96 valence electrons. The molecule has 0 atom stereocenters. The molecular formula is C18H15N2+. The normalized spacial score (nSPS) is 13.2. The van der Waals surface area contributed by atoms with Gasteiger partial charge in [-0.05, 0) is 24.3 Å². The van der Waals surface area contributed by atoms with E-state index in [1.54, 1.807) is 0 Å². The van der Waals surface area contributed by atoms with Crippen molar-refractivity contribution < 1.29 is 4.57 Å². The summed E-state index contributed by atoms with van der Waals surface area (Å²) in [6.07, 6.45) is 4.26. The van der Waals surface area contributed by atoms with Crippen molar-refractivity contribution in [1.29, 1.82) is 0 Å². The molecule has 0 amide bonds. The smallest absolute Gasteiger partial charge is 0.212 e. The van der Waals surface area contributed by atoms with Crippen LogP contribution in [-0.2, 0) is 0 Å². The van der Waals surface area contributed by atoms with Crippen LogP contribution < -0.4 is 9.88 Å². The Kier molecular flexibility index (Phi) is 2.52. The number of benzene rings is 2. The summed E-state index contributed by atoms with van der Waals surface area (Å²) >= 11 is 0. The second-order valence-corrected chi connectivity index (χ2v) is 5.02. The van der Waals surface area contributed by atoms with Crippen molar-refractivity contribution >= 4 is 11.4 Å². The minimum atomic E-state index is 0.227. The van der Waals surface area contributed by atoms with E-state index in [-0.39, 0.29) is 6.04 Å². The van der Waals surface area contributed by atoms with E-state index in [0.29, 0.717) is 0 Å². The molecule has 0 spiro atoms. The lowest BCUT2D eigenvalue weighted by Gasteiger charge is -2.25. The van der Waals surface area contributed by atoms with E-state index < -0.39 is 0 Å². The lowest BCUT2D eigenvalue weighted by molar-refractivity contribution is -0.704. The molecule has 2 nitrogen and oxygen atoms in total. The van der Waals surface area contributed by atoms with E-state index in [9.17, 15) is 0 Å². The van der Waals surface area contributed by atoms with Crippen LogP contribution in [0.25, 0.3) is 0 Å². The number of hydrogen-bond acceptors (Lipinski definition) is 1. The van der Waals surface area contributed by atoms with Gasteiger partial charge >= 0.3 is 0 Å². The van der Waals surface area contributed by atoms with Crippen molar-refractivity contribution in [3.8, 4) is 0 Å². The predicted octanol–water partition coefficient (Wildman–Crippen LogP) is 3.67. The number of anilines is 2. The standard InChI is InChI=1S/C18H15N2/c1-6-12-20(13-7-1)18-14-8-2-4-10-16(14)19-17-11-5-3-9-15(17)18/h1-13,18-19H/q+1. The van der Waals surface area contributed by atoms with Gasteiger partial charge in [-0.15, -0.1) is 0 Å². The highest BCUT2D eigenvalue weighted by molar-refractivity contribution is 5.72. The highest BCUT2D eigenvalue weighted by Crippen LogP contribution is 2.38. The molecule has 0 saturated heterocycles. The van der Waals surface area contributed by atoms with Gasteiger partial charge in [-0.25, -0.2) is 0 Å². The Morgan fingerprint density at radius 3 is 1.80 bits per heavy atom. The van der Waals surface area contributed by atoms with E-state index >= 15 is 0 Å². The zero-order valence-corrected chi connectivity index (χ0v) is 11.0. The van der Waals surface area contributed by atoms with Gasteiger partial charge in [0, 0.05) is 34.6 Å². The largest absolute Gasteiger partial charge is 0.355 e. The second-order valence-electron chi connectivity index (χ2n) is 5.02. The van der Waals surface area contributed by atoms with Crippen LogP contribution in [0.2, 0.25) is 0 Å². The number of hydrogen-bond donors (Lipinski definition) is 1. The lowest BCUT2D eigenvalue weighted by Crippen LogP contribution is -2.41. The SMILES string of the molecule is c1cc[n+](C2c3ccccc3Nc3ccccc32)cc1. The number of aromatic nitrogens is 1. The molecule has 0 fully saturated rings. The summed E-state index contributed by atoms with van der Waals surface area (Å²) in [5, 5.41) is 3.53. The molecule has 0 saturated carbocycles. The fourth-order valence-corrected chi connectivity index (χ4v) is 2.92. The quantitative estimate of drug-likeness (QED) is 0.516. The van der Waals surface area contributed by atoms with Gasteiger partial charge in [-0.2, -0.15) is 4.57 Å². The molecule has 2 heteroatoms. The fourth-order valence-electron chi connectivity index (χ4n) is 2.92. The lowest BCUT2D eigenvalue weighted by atomic mass is 9.92. The Morgan fingerprint density at radius 1 is 0.650 bits per heavy atom. The maximum absolute atomic E-state index is 3.53. The Labute approximate surface area is 118 Å². The highest BCUT2D eigenvalue weighted by Gasteiger charge is 2.31. The van der Waals surface area contributed by atoms with Crippen molar-refractivity contribution in [3.05, 3.63) is 90.3 Å². The highest BCUT2D eigenvalue weighted by atomic mass is 15.0. The zero-order chi connectivity index (χ0) is 13.4. The molecular weight excluding hydrogens is 244 g/mol. The van der Waals surface area contributed by atoms with E-state index in [4.69, 9.17) is 0 Å². The van der Waals surface area contributed by atoms with Crippen LogP contribution in [0.4, 0.5) is 11.4 Å². The minimum absolute atomic E-state index is 0.227. The molecule has 0 bridgehead atoms. The third-order valence-corrected chi connectivity index (χ3v) is 3.82. The van der Waals surface area contributed by atoms with Crippen LogP contribution in [0.3, 0.4) is 0 Å². The molecule has 0 aliphatic carbocycles. The summed E-state index contributed by atoms with van der Waals surface area (Å²) in [5.74, 6) is 0. The fraction of sp³-hybridized carbons (Fsp3) is 0.0556. The van der Waals surface area contributed by atoms with Gasteiger partial charge in [0.05, 0.1) is 0 Å². The molecule has 0 radical (unpaired) electrons. The van der Waals surface area contributed by atoms with Gasteiger partial charge in [0.25, 0.3) is 0 Å². The number of fused-ring (bicyclic) bond motifs is 2. The summed E-state index contributed by atoms with van der Waals surface area (Å²) in [6, 6.07) is 23.5. The summed E-state index contributed by atoms with van der Waals surface area (Å²) in [4.78, 5) is 0. The molecule has 20 heavy (non-hydrogen) atoms. The number of nitrogens with zero attached hydrogens (tertiary/aromatic N) is 1. The Morgan fingerprint density at radius 2 is 1.20 bits per heavy atom. The molecule has 4 rings (SSSR count). The summed E-state index contributed by atoms with van der Waals surface area (Å²) in [5.41, 5.74) is 4.99. The third kappa shape index (κ3) is 1.69. The summed E-state index contributed by atoms with van der Waals surface area (Å²) in [6.45, 7) is 0. The first kappa shape index (κ1) is 11.2. The first-order valence-electron chi connectivity index (χ1n) is 6.84. The van der Waals surface area contributed by atoms with Crippen LogP contribution in [0.5, 0.6) is 0 Å². The van der Waals surface area contributed by atoms with Crippen LogP contribution >= 0.6 is 0 Å². The van der Waals surface area contributed by atoms with E-state index in [2.05, 4.69) is 89.0 Å². The van der Waals surface area contributed by atoms with E-state index in [0.717, 1.165) is 0 Å². The number of nitrogens with one attached hydrogen (secondary N) is 1. The Bertz CT molecular complexity index is 705. The second kappa shape index (κ2) is 4.49. The molecule has 2 aromatic carbocycles. The van der Waals surface area contributed by atoms with Crippen LogP contribution in [0.1, 0.15) is 17.2 Å². The molecule has 0 unspecified atom stereocenters. The van der Waals surface area contributed by atoms with Crippen molar-refractivity contribution in [3.63, 3.8) is 0 Å². The van der Waals surface area contributed by atoms with Crippen molar-refractivity contribution in [1.82, 2.24) is 0 Å². The van der Waals surface area contributed by atoms with Crippen molar-refractivity contribution in [2.24, 2.45) is 0 Å². The number of pyridine rings is 1. The number of para-hydroxylation sites is 2. The van der Waals surface area contributed by atoms with Gasteiger partial charge < -0.3 is 5.32 Å². The van der Waals surface area contributed by atoms with Gasteiger partial charge in [0.15, 0.2) is 12.4 Å². The molecule has 2 heterocycles. The van der Waals surface area contributed by atoms with Crippen LogP contribution in [0, 0.1) is 0 Å². The van der Waals surface area contributed by atoms with E-state index in [1.807, 2.05) is 0 Å². The van der Waals surface area contributed by atoms with Gasteiger partial charge in [-0.3, -0.25) is 0 Å². The predicted molar refractivity (Wildman–Crippen MR) is 80.0 cm³/mol. The topological polar surface area (TPSA) is 15.9 Å². The Balaban J connectivity index is 1.98. The van der Waals surface area contributed by atoms with Crippen molar-refractivity contribution in [2.75, 3.05) is 5.32 Å². The van der Waals surface area contributed by atoms with E-state index in [1.165, 1.54) is 22.5 Å². The third-order valence-electron chi connectivity index (χ3n) is 3.82. The van der Waals surface area contributed by atoms with Gasteiger partial charge in [0.2, 0.25) is 6.04 Å². The summed E-state index contributed by atoms with van der Waals surface area (Å²) in [7, 11) is 0.